The molecule has 1 atom stereocenters. The third-order valence-corrected chi connectivity index (χ3v) is 9.97. The van der Waals surface area contributed by atoms with E-state index in [1.807, 2.05) is 30.5 Å². The highest BCUT2D eigenvalue weighted by Gasteiger charge is 2.29. The van der Waals surface area contributed by atoms with Crippen LogP contribution in [0, 0.1) is 6.92 Å². The van der Waals surface area contributed by atoms with Crippen LogP contribution in [0.5, 0.6) is 0 Å². The van der Waals surface area contributed by atoms with Crippen molar-refractivity contribution >= 4 is 46.1 Å². The number of rotatable bonds is 8. The summed E-state index contributed by atoms with van der Waals surface area (Å²) in [7, 11) is 0. The van der Waals surface area contributed by atoms with Crippen LogP contribution >= 0.6 is 0 Å². The fraction of sp³-hybridized carbons (Fsp3) is 0.417. The van der Waals surface area contributed by atoms with Gasteiger partial charge in [0.05, 0.1) is 23.4 Å². The number of Topliss-reactive ketones (excluding diaryl/α,β-unsaturated/α-hetero) is 1. The van der Waals surface area contributed by atoms with E-state index in [0.29, 0.717) is 41.2 Å². The topological polar surface area (TPSA) is 142 Å². The number of nitrogens with one attached hydrogen (secondary N) is 2. The van der Waals surface area contributed by atoms with Crippen molar-refractivity contribution in [2.45, 2.75) is 70.9 Å². The van der Waals surface area contributed by atoms with Gasteiger partial charge < -0.3 is 10.2 Å². The average Bonchev–Trinajstić information content (AvgIpc) is 3.60. The van der Waals surface area contributed by atoms with E-state index in [1.54, 1.807) is 17.7 Å². The second kappa shape index (κ2) is 13.3. The van der Waals surface area contributed by atoms with E-state index >= 15 is 0 Å². The molecule has 12 heteroatoms. The van der Waals surface area contributed by atoms with Crippen molar-refractivity contribution < 1.29 is 14.4 Å². The van der Waals surface area contributed by atoms with Gasteiger partial charge in [-0.05, 0) is 61.9 Å². The lowest BCUT2D eigenvalue weighted by Crippen LogP contribution is -2.46. The first-order chi connectivity index (χ1) is 23.2. The number of anilines is 3. The number of hydrogen-bond donors (Lipinski definition) is 2. The van der Waals surface area contributed by atoms with Gasteiger partial charge in [0.25, 0.3) is 5.56 Å². The number of piperidine rings is 1. The second-order valence-electron chi connectivity index (χ2n) is 13.1. The quantitative estimate of drug-likeness (QED) is 0.209. The predicted molar refractivity (Wildman–Crippen MR) is 183 cm³/mol. The Labute approximate surface area is 278 Å². The predicted octanol–water partition coefficient (Wildman–Crippen LogP) is 4.40. The number of imide groups is 1. The number of piperazine rings is 1. The summed E-state index contributed by atoms with van der Waals surface area (Å²) in [5, 5.41) is 6.37. The standard InChI is InChI=1S/C36H40N8O4/c1-22-29-20-38-36(41-33(29)44(26-8-3-4-9-26)35(48)32(22)23(2)45)39-30-12-10-27(19-37-30)43-16-14-42(15-17-43)21-24-6-5-7-25(18-24)28-11-13-31(46)40-34(28)47/h5-7,10,12,18-20,26,28H,3-4,8-9,11,13-17,21H2,1-2H3,(H,40,46,47)(H,37,38,39,41). The van der Waals surface area contributed by atoms with E-state index in [1.165, 1.54) is 6.92 Å². The highest BCUT2D eigenvalue weighted by Crippen LogP contribution is 2.32. The van der Waals surface area contributed by atoms with Gasteiger partial charge in [0.15, 0.2) is 5.78 Å². The number of nitrogens with zero attached hydrogens (tertiary/aromatic N) is 6. The third-order valence-electron chi connectivity index (χ3n) is 9.97. The highest BCUT2D eigenvalue weighted by molar-refractivity contribution is 6.01. The molecule has 7 rings (SSSR count). The molecule has 2 saturated heterocycles. The van der Waals surface area contributed by atoms with Crippen LogP contribution in [-0.4, -0.2) is 68.2 Å². The molecule has 3 aliphatic rings. The minimum atomic E-state index is -0.276. The zero-order chi connectivity index (χ0) is 33.4. The lowest BCUT2D eigenvalue weighted by molar-refractivity contribution is -0.134. The Bertz CT molecular complexity index is 1940. The summed E-state index contributed by atoms with van der Waals surface area (Å²) in [5.41, 5.74) is 4.26. The van der Waals surface area contributed by atoms with Gasteiger partial charge in [0.1, 0.15) is 11.5 Å². The number of amides is 2. The molecule has 3 fully saturated rings. The van der Waals surface area contributed by atoms with Gasteiger partial charge in [-0.3, -0.25) is 34.0 Å². The Hall–Kier alpha value is -4.97. The first-order valence-corrected chi connectivity index (χ1v) is 16.8. The Morgan fingerprint density at radius 3 is 2.48 bits per heavy atom. The summed E-state index contributed by atoms with van der Waals surface area (Å²) in [6.45, 7) is 7.52. The Morgan fingerprint density at radius 1 is 0.979 bits per heavy atom. The molecule has 5 heterocycles. The SMILES string of the molecule is CC(=O)c1c(C)c2cnc(Nc3ccc(N4CCN(Cc5cccc(C6CCC(=O)NC6=O)c5)CC4)cn3)nc2n(C2CCCC2)c1=O. The molecule has 3 aromatic heterocycles. The van der Waals surface area contributed by atoms with Crippen molar-refractivity contribution in [2.75, 3.05) is 36.4 Å². The number of ketones is 1. The first kappa shape index (κ1) is 31.6. The maximum absolute atomic E-state index is 13.5. The van der Waals surface area contributed by atoms with E-state index in [4.69, 9.17) is 4.98 Å². The highest BCUT2D eigenvalue weighted by atomic mass is 16.2. The van der Waals surface area contributed by atoms with E-state index < -0.39 is 0 Å². The molecule has 2 N–H and O–H groups in total. The minimum Gasteiger partial charge on any atom is -0.368 e. The molecular formula is C36H40N8O4. The summed E-state index contributed by atoms with van der Waals surface area (Å²) in [6.07, 6.45) is 8.33. The van der Waals surface area contributed by atoms with Gasteiger partial charge in [-0.25, -0.2) is 9.97 Å². The van der Waals surface area contributed by atoms with Crippen LogP contribution < -0.4 is 21.1 Å². The van der Waals surface area contributed by atoms with Gasteiger partial charge in [0, 0.05) is 56.8 Å². The summed E-state index contributed by atoms with van der Waals surface area (Å²) in [5.74, 6) is 0.0235. The number of pyridine rings is 2. The molecule has 0 spiro atoms. The molecule has 1 unspecified atom stereocenters. The fourth-order valence-corrected chi connectivity index (χ4v) is 7.41. The van der Waals surface area contributed by atoms with Gasteiger partial charge >= 0.3 is 0 Å². The molecule has 0 radical (unpaired) electrons. The molecule has 48 heavy (non-hydrogen) atoms. The lowest BCUT2D eigenvalue weighted by atomic mass is 9.89. The number of aryl methyl sites for hydroxylation is 1. The van der Waals surface area contributed by atoms with Gasteiger partial charge in [-0.1, -0.05) is 37.1 Å². The molecule has 12 nitrogen and oxygen atoms in total. The molecule has 1 aromatic carbocycles. The number of carbonyl (C=O) groups is 3. The van der Waals surface area contributed by atoms with E-state index in [0.717, 1.165) is 75.2 Å². The van der Waals surface area contributed by atoms with E-state index in [9.17, 15) is 19.2 Å². The monoisotopic (exact) mass is 648 g/mol. The number of fused-ring (bicyclic) bond motifs is 1. The number of aromatic nitrogens is 4. The normalized spacial score (nSPS) is 19.1. The van der Waals surface area contributed by atoms with Crippen molar-refractivity contribution in [3.05, 3.63) is 81.4 Å². The van der Waals surface area contributed by atoms with Crippen molar-refractivity contribution in [3.63, 3.8) is 0 Å². The smallest absolute Gasteiger partial charge is 0.263 e. The third kappa shape index (κ3) is 6.32. The lowest BCUT2D eigenvalue weighted by Gasteiger charge is -2.36. The Kier molecular flexibility index (Phi) is 8.74. The van der Waals surface area contributed by atoms with Gasteiger partial charge in [-0.15, -0.1) is 0 Å². The number of hydrogen-bond acceptors (Lipinski definition) is 10. The molecule has 2 amide bonds. The van der Waals surface area contributed by atoms with Crippen molar-refractivity contribution in [1.82, 2.24) is 29.7 Å². The molecule has 1 aliphatic carbocycles. The van der Waals surface area contributed by atoms with Crippen LogP contribution in [0.2, 0.25) is 0 Å². The van der Waals surface area contributed by atoms with Gasteiger partial charge in [-0.2, -0.15) is 4.98 Å². The van der Waals surface area contributed by atoms with Crippen molar-refractivity contribution in [1.29, 1.82) is 0 Å². The summed E-state index contributed by atoms with van der Waals surface area (Å²) >= 11 is 0. The molecule has 4 aromatic rings. The van der Waals surface area contributed by atoms with Crippen molar-refractivity contribution in [2.24, 2.45) is 0 Å². The van der Waals surface area contributed by atoms with Crippen LogP contribution in [0.1, 0.15) is 84.5 Å². The zero-order valence-corrected chi connectivity index (χ0v) is 27.4. The van der Waals surface area contributed by atoms with E-state index in [2.05, 4.69) is 42.5 Å². The Morgan fingerprint density at radius 2 is 1.77 bits per heavy atom. The summed E-state index contributed by atoms with van der Waals surface area (Å²) < 4.78 is 1.71. The van der Waals surface area contributed by atoms with Crippen molar-refractivity contribution in [3.8, 4) is 0 Å². The zero-order valence-electron chi connectivity index (χ0n) is 27.4. The largest absolute Gasteiger partial charge is 0.368 e. The maximum atomic E-state index is 13.5. The van der Waals surface area contributed by atoms with Crippen LogP contribution in [0.3, 0.4) is 0 Å². The molecule has 2 aliphatic heterocycles. The minimum absolute atomic E-state index is 0.0160. The summed E-state index contributed by atoms with van der Waals surface area (Å²) in [6, 6.07) is 12.1. The molecule has 1 saturated carbocycles. The average molecular weight is 649 g/mol. The first-order valence-electron chi connectivity index (χ1n) is 16.8. The molecule has 0 bridgehead atoms. The van der Waals surface area contributed by atoms with Crippen LogP contribution in [0.4, 0.5) is 17.5 Å². The van der Waals surface area contributed by atoms with E-state index in [-0.39, 0.29) is 40.7 Å². The second-order valence-corrected chi connectivity index (χ2v) is 13.1. The number of carbonyl (C=O) groups excluding carboxylic acids is 3. The fourth-order valence-electron chi connectivity index (χ4n) is 7.41. The summed E-state index contributed by atoms with van der Waals surface area (Å²) in [4.78, 5) is 68.5. The van der Waals surface area contributed by atoms with Crippen LogP contribution in [-0.2, 0) is 16.1 Å². The molecule has 248 valence electrons. The molecular weight excluding hydrogens is 608 g/mol. The van der Waals surface area contributed by atoms with Crippen LogP contribution in [0.25, 0.3) is 11.0 Å². The van der Waals surface area contributed by atoms with Gasteiger partial charge in [0.2, 0.25) is 17.8 Å². The maximum Gasteiger partial charge on any atom is 0.263 e. The van der Waals surface area contributed by atoms with Crippen LogP contribution in [0.15, 0.2) is 53.6 Å². The number of benzene rings is 1. The Balaban J connectivity index is 1.00.